The molecule has 9 heteroatoms. The van der Waals surface area contributed by atoms with Crippen molar-refractivity contribution in [1.29, 1.82) is 0 Å². The number of benzene rings is 1. The summed E-state index contributed by atoms with van der Waals surface area (Å²) < 4.78 is 13.0. The van der Waals surface area contributed by atoms with E-state index in [4.69, 9.17) is 14.3 Å². The van der Waals surface area contributed by atoms with Crippen LogP contribution in [0, 0.1) is 12.8 Å². The average molecular weight is 460 g/mol. The van der Waals surface area contributed by atoms with Crippen LogP contribution in [0.5, 0.6) is 5.75 Å². The first-order chi connectivity index (χ1) is 16.5. The Morgan fingerprint density at radius 1 is 1.24 bits per heavy atom. The molecule has 1 amide bonds. The number of aromatic nitrogens is 4. The topological polar surface area (TPSA) is 112 Å². The number of fused-ring (bicyclic) bond motifs is 1. The molecule has 1 aliphatic carbocycles. The first-order valence-corrected chi connectivity index (χ1v) is 11.3. The maximum Gasteiger partial charge on any atom is 0.277 e. The highest BCUT2D eigenvalue weighted by Gasteiger charge is 2.23. The summed E-state index contributed by atoms with van der Waals surface area (Å²) in [5.74, 6) is 0.605. The predicted molar refractivity (Wildman–Crippen MR) is 126 cm³/mol. The van der Waals surface area contributed by atoms with Crippen LogP contribution < -0.4 is 10.1 Å². The van der Waals surface area contributed by atoms with Gasteiger partial charge in [0.25, 0.3) is 5.91 Å². The van der Waals surface area contributed by atoms with E-state index >= 15 is 0 Å². The van der Waals surface area contributed by atoms with Crippen molar-refractivity contribution in [3.05, 3.63) is 54.3 Å². The van der Waals surface area contributed by atoms with Crippen molar-refractivity contribution < 1.29 is 18.7 Å². The minimum Gasteiger partial charge on any atom is -0.494 e. The molecule has 4 aromatic rings. The number of rotatable bonds is 6. The summed E-state index contributed by atoms with van der Waals surface area (Å²) in [6.07, 6.45) is 9.65. The normalized spacial score (nSPS) is 18.1. The van der Waals surface area contributed by atoms with E-state index in [-0.39, 0.29) is 17.7 Å². The minimum atomic E-state index is -0.405. The number of nitrogens with one attached hydrogen (secondary N) is 1. The summed E-state index contributed by atoms with van der Waals surface area (Å²) in [7, 11) is 1.55. The molecular formula is C25H25N5O4. The monoisotopic (exact) mass is 459 g/mol. The van der Waals surface area contributed by atoms with Gasteiger partial charge in [0, 0.05) is 41.0 Å². The molecule has 174 valence electrons. The first kappa shape index (κ1) is 21.8. The lowest BCUT2D eigenvalue weighted by molar-refractivity contribution is -0.112. The summed E-state index contributed by atoms with van der Waals surface area (Å²) >= 11 is 0. The van der Waals surface area contributed by atoms with E-state index in [1.807, 2.05) is 36.0 Å². The van der Waals surface area contributed by atoms with E-state index in [0.29, 0.717) is 17.3 Å². The number of hydrogen-bond donors (Lipinski definition) is 1. The van der Waals surface area contributed by atoms with Gasteiger partial charge in [0.05, 0.1) is 24.4 Å². The van der Waals surface area contributed by atoms with Gasteiger partial charge >= 0.3 is 0 Å². The van der Waals surface area contributed by atoms with Gasteiger partial charge in [-0.15, -0.1) is 0 Å². The molecule has 34 heavy (non-hydrogen) atoms. The molecule has 0 spiro atoms. The van der Waals surface area contributed by atoms with E-state index in [0.717, 1.165) is 54.1 Å². The molecule has 5 rings (SSSR count). The smallest absolute Gasteiger partial charge is 0.277 e. The zero-order valence-corrected chi connectivity index (χ0v) is 19.0. The van der Waals surface area contributed by atoms with Crippen LogP contribution in [-0.2, 0) is 4.79 Å². The largest absolute Gasteiger partial charge is 0.494 e. The Hall–Kier alpha value is -4.01. The molecule has 0 atom stereocenters. The Labute approximate surface area is 196 Å². The number of carbonyl (C=O) groups excluding carboxylic acids is 2. The van der Waals surface area contributed by atoms with Crippen LogP contribution in [0.4, 0.5) is 5.69 Å². The maximum atomic E-state index is 12.9. The number of hydrogen-bond acceptors (Lipinski definition) is 7. The van der Waals surface area contributed by atoms with Crippen LogP contribution in [0.3, 0.4) is 0 Å². The molecule has 0 unspecified atom stereocenters. The van der Waals surface area contributed by atoms with Gasteiger partial charge < -0.3 is 19.3 Å². The molecule has 3 aromatic heterocycles. The molecule has 0 radical (unpaired) electrons. The zero-order valence-electron chi connectivity index (χ0n) is 19.0. The van der Waals surface area contributed by atoms with Crippen LogP contribution in [0.1, 0.15) is 47.9 Å². The second-order valence-corrected chi connectivity index (χ2v) is 8.60. The number of aryl methyl sites for hydroxylation is 1. The molecule has 0 bridgehead atoms. The summed E-state index contributed by atoms with van der Waals surface area (Å²) in [5, 5.41) is 8.49. The highest BCUT2D eigenvalue weighted by molar-refractivity contribution is 6.05. The van der Waals surface area contributed by atoms with Crippen molar-refractivity contribution in [2.75, 3.05) is 12.4 Å². The Kier molecular flexibility index (Phi) is 5.83. The lowest BCUT2D eigenvalue weighted by Gasteiger charge is -2.25. The molecular weight excluding hydrogens is 434 g/mol. The molecule has 9 nitrogen and oxygen atoms in total. The molecule has 1 aromatic carbocycles. The number of ether oxygens (including phenoxy) is 1. The van der Waals surface area contributed by atoms with Gasteiger partial charge in [-0.3, -0.25) is 14.5 Å². The molecule has 1 saturated carbocycles. The lowest BCUT2D eigenvalue weighted by atomic mass is 9.87. The van der Waals surface area contributed by atoms with Crippen LogP contribution in [-0.4, -0.2) is 39.1 Å². The van der Waals surface area contributed by atoms with E-state index < -0.39 is 5.91 Å². The highest BCUT2D eigenvalue weighted by Crippen LogP contribution is 2.34. The fourth-order valence-electron chi connectivity index (χ4n) is 4.40. The molecule has 1 aliphatic rings. The summed E-state index contributed by atoms with van der Waals surface area (Å²) in [5.41, 5.74) is 3.05. The van der Waals surface area contributed by atoms with Gasteiger partial charge in [0.2, 0.25) is 5.89 Å². The predicted octanol–water partition coefficient (Wildman–Crippen LogP) is 4.59. The van der Waals surface area contributed by atoms with Crippen molar-refractivity contribution >= 4 is 28.8 Å². The number of methoxy groups -OCH3 is 1. The first-order valence-electron chi connectivity index (χ1n) is 11.3. The number of amides is 1. The maximum absolute atomic E-state index is 12.9. The summed E-state index contributed by atoms with van der Waals surface area (Å²) in [4.78, 5) is 32.4. The number of carbonyl (C=O) groups is 2. The fourth-order valence-corrected chi connectivity index (χ4v) is 4.40. The Bertz CT molecular complexity index is 1350. The quantitative estimate of drug-likeness (QED) is 0.420. The average Bonchev–Trinajstić information content (AvgIpc) is 3.51. The van der Waals surface area contributed by atoms with Gasteiger partial charge in [-0.05, 0) is 50.8 Å². The van der Waals surface area contributed by atoms with Crippen molar-refractivity contribution in [2.24, 2.45) is 5.92 Å². The van der Waals surface area contributed by atoms with E-state index in [1.54, 1.807) is 19.4 Å². The number of pyridine rings is 1. The third kappa shape index (κ3) is 4.28. The number of aldehydes is 1. The summed E-state index contributed by atoms with van der Waals surface area (Å²) in [6, 6.07) is 7.54. The molecule has 0 saturated heterocycles. The molecule has 3 heterocycles. The molecule has 1 fully saturated rings. The van der Waals surface area contributed by atoms with Gasteiger partial charge in [-0.25, -0.2) is 4.98 Å². The number of anilines is 1. The van der Waals surface area contributed by atoms with Crippen LogP contribution >= 0.6 is 0 Å². The summed E-state index contributed by atoms with van der Waals surface area (Å²) in [6.45, 7) is 1.88. The van der Waals surface area contributed by atoms with Crippen molar-refractivity contribution in [3.8, 4) is 17.2 Å². The van der Waals surface area contributed by atoms with E-state index in [9.17, 15) is 9.59 Å². The third-order valence-electron chi connectivity index (χ3n) is 6.28. The zero-order chi connectivity index (χ0) is 23.7. The standard InChI is InChI=1S/C25H25N5O4/c1-15-9-17(7-8-26-15)25-28-22(14-34-25)24(32)27-21-10-18-12-30(29-20(18)11-23(21)33-2)19-5-3-16(13-31)4-6-19/h7-14,16,19H,3-6H2,1-2H3,(H,27,32)/t16-,19-. The van der Waals surface area contributed by atoms with Crippen molar-refractivity contribution in [1.82, 2.24) is 19.7 Å². The lowest BCUT2D eigenvalue weighted by Crippen LogP contribution is -2.19. The van der Waals surface area contributed by atoms with Crippen LogP contribution in [0.2, 0.25) is 0 Å². The Morgan fingerprint density at radius 2 is 2.06 bits per heavy atom. The highest BCUT2D eigenvalue weighted by atomic mass is 16.5. The van der Waals surface area contributed by atoms with E-state index in [2.05, 4.69) is 15.3 Å². The van der Waals surface area contributed by atoms with Crippen molar-refractivity contribution in [3.63, 3.8) is 0 Å². The second-order valence-electron chi connectivity index (χ2n) is 8.60. The fraction of sp³-hybridized carbons (Fsp3) is 0.320. The molecule has 1 N–H and O–H groups in total. The van der Waals surface area contributed by atoms with Gasteiger partial charge in [0.1, 0.15) is 18.3 Å². The minimum absolute atomic E-state index is 0.155. The number of nitrogens with zero attached hydrogens (tertiary/aromatic N) is 4. The SMILES string of the molecule is COc1cc2nn([C@H]3CC[C@H](C=O)CC3)cc2cc1NC(=O)c1coc(-c2ccnc(C)c2)n1. The van der Waals surface area contributed by atoms with Gasteiger partial charge in [-0.2, -0.15) is 5.10 Å². The molecule has 0 aliphatic heterocycles. The second kappa shape index (κ2) is 9.09. The third-order valence-corrected chi connectivity index (χ3v) is 6.28. The van der Waals surface area contributed by atoms with Gasteiger partial charge in [0.15, 0.2) is 5.69 Å². The Balaban J connectivity index is 1.37. The van der Waals surface area contributed by atoms with E-state index in [1.165, 1.54) is 6.26 Å². The number of oxazole rings is 1. The van der Waals surface area contributed by atoms with Crippen LogP contribution in [0.25, 0.3) is 22.4 Å². The Morgan fingerprint density at radius 3 is 2.79 bits per heavy atom. The van der Waals surface area contributed by atoms with Crippen LogP contribution in [0.15, 0.2) is 47.3 Å². The van der Waals surface area contributed by atoms with Gasteiger partial charge in [-0.1, -0.05) is 0 Å². The van der Waals surface area contributed by atoms with Crippen molar-refractivity contribution in [2.45, 2.75) is 38.6 Å².